The van der Waals surface area contributed by atoms with Gasteiger partial charge in [0.25, 0.3) is 5.91 Å². The average Bonchev–Trinajstić information content (AvgIpc) is 2.53. The highest BCUT2D eigenvalue weighted by Crippen LogP contribution is 2.18. The van der Waals surface area contributed by atoms with Gasteiger partial charge < -0.3 is 10.6 Å². The van der Waals surface area contributed by atoms with Crippen molar-refractivity contribution in [1.29, 1.82) is 0 Å². The van der Waals surface area contributed by atoms with E-state index in [1.165, 1.54) is 19.3 Å². The van der Waals surface area contributed by atoms with Crippen molar-refractivity contribution in [1.82, 2.24) is 10.6 Å². The van der Waals surface area contributed by atoms with Gasteiger partial charge in [0.1, 0.15) is 6.04 Å². The molecule has 4 nitrogen and oxygen atoms in total. The molecule has 1 saturated carbocycles. The molecule has 2 N–H and O–H groups in total. The molecule has 0 aliphatic heterocycles. The number of benzene rings is 1. The summed E-state index contributed by atoms with van der Waals surface area (Å²) in [6.45, 7) is 5.83. The summed E-state index contributed by atoms with van der Waals surface area (Å²) in [6.07, 6.45) is 5.69. The maximum atomic E-state index is 12.6. The van der Waals surface area contributed by atoms with Crippen molar-refractivity contribution in [2.75, 3.05) is 0 Å². The molecule has 1 aromatic rings. The predicted molar refractivity (Wildman–Crippen MR) is 92.3 cm³/mol. The lowest BCUT2D eigenvalue weighted by atomic mass is 9.94. The van der Waals surface area contributed by atoms with Gasteiger partial charge in [0.05, 0.1) is 0 Å². The summed E-state index contributed by atoms with van der Waals surface area (Å²) in [6, 6.07) is 7.20. The van der Waals surface area contributed by atoms with Gasteiger partial charge >= 0.3 is 0 Å². The Hall–Kier alpha value is -1.84. The van der Waals surface area contributed by atoms with Crippen LogP contribution >= 0.6 is 0 Å². The van der Waals surface area contributed by atoms with Crippen LogP contribution in [-0.4, -0.2) is 23.9 Å². The minimum Gasteiger partial charge on any atom is -0.352 e. The van der Waals surface area contributed by atoms with E-state index in [9.17, 15) is 9.59 Å². The van der Waals surface area contributed by atoms with E-state index in [1.54, 1.807) is 6.07 Å². The standard InChI is InChI=1S/C19H28N2O2/c1-13(2)17(19(23)20-15-10-5-4-6-11-15)21-18(22)16-12-8-7-9-14(16)3/h7-9,12-13,15,17H,4-6,10-11H2,1-3H3,(H,20,23)(H,21,22). The summed E-state index contributed by atoms with van der Waals surface area (Å²) < 4.78 is 0. The van der Waals surface area contributed by atoms with Gasteiger partial charge in [-0.1, -0.05) is 51.3 Å². The van der Waals surface area contributed by atoms with Crippen LogP contribution in [0.5, 0.6) is 0 Å². The van der Waals surface area contributed by atoms with Gasteiger partial charge in [0, 0.05) is 11.6 Å². The van der Waals surface area contributed by atoms with E-state index in [1.807, 2.05) is 39.0 Å². The molecule has 0 spiro atoms. The lowest BCUT2D eigenvalue weighted by Crippen LogP contribution is -2.52. The number of amides is 2. The molecule has 0 bridgehead atoms. The number of rotatable bonds is 5. The zero-order valence-corrected chi connectivity index (χ0v) is 14.4. The molecule has 2 amide bonds. The first-order valence-corrected chi connectivity index (χ1v) is 8.66. The molecule has 4 heteroatoms. The highest BCUT2D eigenvalue weighted by Gasteiger charge is 2.27. The van der Waals surface area contributed by atoms with Crippen molar-refractivity contribution >= 4 is 11.8 Å². The van der Waals surface area contributed by atoms with E-state index < -0.39 is 6.04 Å². The smallest absolute Gasteiger partial charge is 0.252 e. The molecule has 1 aromatic carbocycles. The van der Waals surface area contributed by atoms with Crippen molar-refractivity contribution in [3.63, 3.8) is 0 Å². The van der Waals surface area contributed by atoms with Crippen LogP contribution in [0.25, 0.3) is 0 Å². The van der Waals surface area contributed by atoms with Gasteiger partial charge in [-0.15, -0.1) is 0 Å². The number of carbonyl (C=O) groups excluding carboxylic acids is 2. The minimum atomic E-state index is -0.496. The van der Waals surface area contributed by atoms with Crippen molar-refractivity contribution in [3.8, 4) is 0 Å². The molecule has 1 unspecified atom stereocenters. The Morgan fingerprint density at radius 2 is 1.74 bits per heavy atom. The first kappa shape index (κ1) is 17.5. The second-order valence-electron chi connectivity index (χ2n) is 6.85. The first-order chi connectivity index (χ1) is 11.0. The summed E-state index contributed by atoms with van der Waals surface area (Å²) in [5, 5.41) is 6.03. The molecule has 23 heavy (non-hydrogen) atoms. The average molecular weight is 316 g/mol. The van der Waals surface area contributed by atoms with Crippen molar-refractivity contribution in [2.24, 2.45) is 5.92 Å². The van der Waals surface area contributed by atoms with E-state index in [-0.39, 0.29) is 23.8 Å². The normalized spacial score (nSPS) is 16.9. The van der Waals surface area contributed by atoms with Crippen LogP contribution in [0.1, 0.15) is 61.9 Å². The molecular weight excluding hydrogens is 288 g/mol. The Bertz CT molecular complexity index is 548. The van der Waals surface area contributed by atoms with Gasteiger partial charge in [-0.2, -0.15) is 0 Å². The van der Waals surface area contributed by atoms with Crippen LogP contribution in [0, 0.1) is 12.8 Å². The van der Waals surface area contributed by atoms with E-state index >= 15 is 0 Å². The van der Waals surface area contributed by atoms with Gasteiger partial charge in [0.2, 0.25) is 5.91 Å². The highest BCUT2D eigenvalue weighted by molar-refractivity contribution is 5.98. The molecule has 2 rings (SSSR count). The van der Waals surface area contributed by atoms with Crippen LogP contribution in [0.3, 0.4) is 0 Å². The summed E-state index contributed by atoms with van der Waals surface area (Å²) >= 11 is 0. The van der Waals surface area contributed by atoms with Crippen LogP contribution in [0.15, 0.2) is 24.3 Å². The summed E-state index contributed by atoms with van der Waals surface area (Å²) in [4.78, 5) is 25.1. The third-order valence-corrected chi connectivity index (χ3v) is 4.58. The summed E-state index contributed by atoms with van der Waals surface area (Å²) in [5.74, 6) is -0.194. The Morgan fingerprint density at radius 3 is 2.35 bits per heavy atom. The third kappa shape index (κ3) is 4.81. The molecular formula is C19H28N2O2. The Balaban J connectivity index is 2.01. The van der Waals surface area contributed by atoms with Crippen LogP contribution in [0.2, 0.25) is 0 Å². The Morgan fingerprint density at radius 1 is 1.09 bits per heavy atom. The number of hydrogen-bond acceptors (Lipinski definition) is 2. The van der Waals surface area contributed by atoms with E-state index in [2.05, 4.69) is 10.6 Å². The lowest BCUT2D eigenvalue weighted by Gasteiger charge is -2.27. The molecule has 1 aliphatic rings. The summed E-state index contributed by atoms with van der Waals surface area (Å²) in [5.41, 5.74) is 1.55. The summed E-state index contributed by atoms with van der Waals surface area (Å²) in [7, 11) is 0. The fourth-order valence-electron chi connectivity index (χ4n) is 3.12. The van der Waals surface area contributed by atoms with Crippen LogP contribution in [0.4, 0.5) is 0 Å². The monoisotopic (exact) mass is 316 g/mol. The second kappa shape index (κ2) is 8.14. The molecule has 1 fully saturated rings. The number of hydrogen-bond donors (Lipinski definition) is 2. The Kier molecular flexibility index (Phi) is 6.20. The quantitative estimate of drug-likeness (QED) is 0.876. The third-order valence-electron chi connectivity index (χ3n) is 4.58. The Labute approximate surface area is 139 Å². The largest absolute Gasteiger partial charge is 0.352 e. The maximum absolute atomic E-state index is 12.6. The molecule has 126 valence electrons. The molecule has 0 heterocycles. The lowest BCUT2D eigenvalue weighted by molar-refractivity contribution is -0.124. The van der Waals surface area contributed by atoms with Crippen LogP contribution in [-0.2, 0) is 4.79 Å². The fourth-order valence-corrected chi connectivity index (χ4v) is 3.12. The van der Waals surface area contributed by atoms with Gasteiger partial charge in [0.15, 0.2) is 0 Å². The van der Waals surface area contributed by atoms with E-state index in [0.29, 0.717) is 5.56 Å². The second-order valence-corrected chi connectivity index (χ2v) is 6.85. The fraction of sp³-hybridized carbons (Fsp3) is 0.579. The molecule has 1 atom stereocenters. The molecule has 1 aliphatic carbocycles. The van der Waals surface area contributed by atoms with Gasteiger partial charge in [-0.25, -0.2) is 0 Å². The predicted octanol–water partition coefficient (Wildman–Crippen LogP) is 3.20. The zero-order valence-electron chi connectivity index (χ0n) is 14.4. The topological polar surface area (TPSA) is 58.2 Å². The molecule has 0 aromatic heterocycles. The van der Waals surface area contributed by atoms with Crippen molar-refractivity contribution in [3.05, 3.63) is 35.4 Å². The molecule has 0 radical (unpaired) electrons. The van der Waals surface area contributed by atoms with Crippen LogP contribution < -0.4 is 10.6 Å². The maximum Gasteiger partial charge on any atom is 0.252 e. The molecule has 0 saturated heterocycles. The van der Waals surface area contributed by atoms with Gasteiger partial charge in [-0.05, 0) is 37.3 Å². The van der Waals surface area contributed by atoms with Crippen molar-refractivity contribution in [2.45, 2.75) is 65.0 Å². The van der Waals surface area contributed by atoms with E-state index in [4.69, 9.17) is 0 Å². The zero-order chi connectivity index (χ0) is 16.8. The first-order valence-electron chi connectivity index (χ1n) is 8.66. The van der Waals surface area contributed by atoms with Crippen molar-refractivity contribution < 1.29 is 9.59 Å². The van der Waals surface area contributed by atoms with Gasteiger partial charge in [-0.3, -0.25) is 9.59 Å². The highest BCUT2D eigenvalue weighted by atomic mass is 16.2. The van der Waals surface area contributed by atoms with E-state index in [0.717, 1.165) is 18.4 Å². The number of nitrogens with one attached hydrogen (secondary N) is 2. The number of carbonyl (C=O) groups is 2. The number of aryl methyl sites for hydroxylation is 1. The minimum absolute atomic E-state index is 0.0477. The SMILES string of the molecule is Cc1ccccc1C(=O)NC(C(=O)NC1CCCCC1)C(C)C.